The largest absolute Gasteiger partial charge is 0.463 e. The number of Topliss-reactive ketones (excluding diaryl/α,β-unsaturated/α-hetero) is 2. The summed E-state index contributed by atoms with van der Waals surface area (Å²) in [7, 11) is 0. The lowest BCUT2D eigenvalue weighted by Crippen LogP contribution is -2.58. The molecule has 38 heavy (non-hydrogen) atoms. The second kappa shape index (κ2) is 11.0. The number of esters is 2. The molecule has 0 radical (unpaired) electrons. The zero-order chi connectivity index (χ0) is 28.0. The molecule has 1 N–H and O–H groups in total. The summed E-state index contributed by atoms with van der Waals surface area (Å²) in [6.07, 6.45) is 6.35. The zero-order valence-corrected chi connectivity index (χ0v) is 24.2. The molecule has 4 rings (SSSR count). The van der Waals surface area contributed by atoms with Crippen LogP contribution in [0.1, 0.15) is 99.3 Å². The van der Waals surface area contributed by atoms with Crippen LogP contribution in [0.3, 0.4) is 0 Å². The summed E-state index contributed by atoms with van der Waals surface area (Å²) in [5, 5.41) is 9.40. The number of fused-ring (bicyclic) bond motifs is 5. The van der Waals surface area contributed by atoms with Crippen LogP contribution in [0.5, 0.6) is 0 Å². The fourth-order valence-electron chi connectivity index (χ4n) is 9.40. The molecule has 0 aromatic heterocycles. The van der Waals surface area contributed by atoms with E-state index in [9.17, 15) is 24.3 Å². The molecule has 214 valence electrons. The van der Waals surface area contributed by atoms with E-state index in [-0.39, 0.29) is 65.3 Å². The molecule has 0 amide bonds. The number of carbonyl (C=O) groups is 4. The fourth-order valence-corrected chi connectivity index (χ4v) is 9.40. The Labute approximate surface area is 227 Å². The summed E-state index contributed by atoms with van der Waals surface area (Å²) in [6, 6.07) is 0. The molecule has 4 fully saturated rings. The van der Waals surface area contributed by atoms with E-state index in [0.29, 0.717) is 37.5 Å². The first-order valence-electron chi connectivity index (χ1n) is 14.8. The van der Waals surface area contributed by atoms with Crippen molar-refractivity contribution in [1.29, 1.82) is 0 Å². The third-order valence-electron chi connectivity index (χ3n) is 11.5. The van der Waals surface area contributed by atoms with Gasteiger partial charge in [0.2, 0.25) is 0 Å². The summed E-state index contributed by atoms with van der Waals surface area (Å²) in [5.74, 6) is 0.165. The summed E-state index contributed by atoms with van der Waals surface area (Å²) in [5.41, 5.74) is -0.676. The lowest BCUT2D eigenvalue weighted by atomic mass is 9.44. The molecule has 0 aromatic carbocycles. The average Bonchev–Trinajstić information content (AvgIpc) is 3.14. The number of aliphatic hydroxyl groups is 1. The number of rotatable bonds is 8. The predicted molar refractivity (Wildman–Crippen MR) is 142 cm³/mol. The fraction of sp³-hybridized carbons (Fsp3) is 0.871. The molecule has 0 heterocycles. The van der Waals surface area contributed by atoms with Crippen molar-refractivity contribution in [3.05, 3.63) is 0 Å². The maximum atomic E-state index is 14.2. The summed E-state index contributed by atoms with van der Waals surface area (Å²) in [4.78, 5) is 51.3. The highest BCUT2D eigenvalue weighted by atomic mass is 16.5. The van der Waals surface area contributed by atoms with Crippen molar-refractivity contribution in [3.8, 4) is 0 Å². The van der Waals surface area contributed by atoms with Gasteiger partial charge in [-0.05, 0) is 80.0 Å². The van der Waals surface area contributed by atoms with Gasteiger partial charge in [0.25, 0.3) is 0 Å². The van der Waals surface area contributed by atoms with E-state index in [4.69, 9.17) is 9.47 Å². The van der Waals surface area contributed by atoms with E-state index in [0.717, 1.165) is 32.1 Å². The Balaban J connectivity index is 1.60. The normalized spacial score (nSPS) is 41.8. The van der Waals surface area contributed by atoms with Crippen LogP contribution in [0, 0.1) is 52.3 Å². The molecule has 0 unspecified atom stereocenters. The van der Waals surface area contributed by atoms with Gasteiger partial charge < -0.3 is 14.6 Å². The molecule has 0 aromatic rings. The van der Waals surface area contributed by atoms with Crippen molar-refractivity contribution in [3.63, 3.8) is 0 Å². The first-order chi connectivity index (χ1) is 17.8. The average molecular weight is 533 g/mol. The minimum atomic E-state index is -0.697. The molecule has 4 saturated carbocycles. The monoisotopic (exact) mass is 532 g/mol. The molecule has 11 atom stereocenters. The minimum absolute atomic E-state index is 0.0213. The first kappa shape index (κ1) is 29.2. The van der Waals surface area contributed by atoms with Crippen molar-refractivity contribution >= 4 is 23.5 Å². The smallest absolute Gasteiger partial charge is 0.302 e. The Kier molecular flexibility index (Phi) is 8.47. The van der Waals surface area contributed by atoms with Gasteiger partial charge in [-0.2, -0.15) is 0 Å². The number of carbonyl (C=O) groups excluding carboxylic acids is 4. The highest BCUT2D eigenvalue weighted by Crippen LogP contribution is 2.67. The van der Waals surface area contributed by atoms with Gasteiger partial charge in [0.15, 0.2) is 0 Å². The van der Waals surface area contributed by atoms with Gasteiger partial charge in [0, 0.05) is 50.5 Å². The van der Waals surface area contributed by atoms with E-state index in [1.165, 1.54) is 13.8 Å². The van der Waals surface area contributed by atoms with Gasteiger partial charge in [0.1, 0.15) is 23.8 Å². The van der Waals surface area contributed by atoms with Crippen molar-refractivity contribution in [1.82, 2.24) is 0 Å². The molecule has 7 nitrogen and oxygen atoms in total. The molecule has 4 aliphatic carbocycles. The third kappa shape index (κ3) is 5.09. The Morgan fingerprint density at radius 2 is 1.68 bits per heavy atom. The summed E-state index contributed by atoms with van der Waals surface area (Å²) < 4.78 is 11.5. The Bertz CT molecular complexity index is 945. The van der Waals surface area contributed by atoms with E-state index in [1.807, 2.05) is 13.8 Å². The summed E-state index contributed by atoms with van der Waals surface area (Å²) in [6.45, 7) is 11.2. The van der Waals surface area contributed by atoms with Crippen LogP contribution in [-0.2, 0) is 28.7 Å². The SMILES string of the molecule is CC(=O)O[C@H]1CC[C@@]2(C)[C@@H](CC[C@@H]3[C@@H]2CC(=O)[C@]2(C)[C@@H]([C@H](C)C(=O)CC[C@@H](C)CO)[C@@H](OC(C)=O)C[C@@H]32)C1. The van der Waals surface area contributed by atoms with Crippen LogP contribution in [-0.4, -0.2) is 47.4 Å². The Morgan fingerprint density at radius 3 is 2.32 bits per heavy atom. The van der Waals surface area contributed by atoms with E-state index < -0.39 is 17.4 Å². The zero-order valence-electron chi connectivity index (χ0n) is 24.2. The molecule has 0 bridgehead atoms. The first-order valence-corrected chi connectivity index (χ1v) is 14.8. The van der Waals surface area contributed by atoms with Gasteiger partial charge in [-0.25, -0.2) is 0 Å². The Hall–Kier alpha value is -1.76. The highest BCUT2D eigenvalue weighted by Gasteiger charge is 2.67. The van der Waals surface area contributed by atoms with Crippen molar-refractivity contribution in [2.75, 3.05) is 6.61 Å². The van der Waals surface area contributed by atoms with Crippen LogP contribution < -0.4 is 0 Å². The molecule has 0 aliphatic heterocycles. The number of hydrogen-bond donors (Lipinski definition) is 1. The molecule has 0 spiro atoms. The Morgan fingerprint density at radius 1 is 1.00 bits per heavy atom. The quantitative estimate of drug-likeness (QED) is 0.443. The van der Waals surface area contributed by atoms with Crippen LogP contribution in [0.25, 0.3) is 0 Å². The summed E-state index contributed by atoms with van der Waals surface area (Å²) >= 11 is 0. The van der Waals surface area contributed by atoms with Crippen molar-refractivity contribution in [2.24, 2.45) is 52.3 Å². The van der Waals surface area contributed by atoms with Crippen molar-refractivity contribution < 1.29 is 33.8 Å². The van der Waals surface area contributed by atoms with E-state index in [1.54, 1.807) is 0 Å². The van der Waals surface area contributed by atoms with Gasteiger partial charge in [-0.1, -0.05) is 27.7 Å². The maximum Gasteiger partial charge on any atom is 0.302 e. The van der Waals surface area contributed by atoms with Gasteiger partial charge in [0.05, 0.1) is 0 Å². The second-order valence-electron chi connectivity index (χ2n) is 13.6. The minimum Gasteiger partial charge on any atom is -0.463 e. The van der Waals surface area contributed by atoms with Crippen LogP contribution in [0.2, 0.25) is 0 Å². The van der Waals surface area contributed by atoms with Crippen LogP contribution >= 0.6 is 0 Å². The van der Waals surface area contributed by atoms with Gasteiger partial charge in [-0.15, -0.1) is 0 Å². The highest BCUT2D eigenvalue weighted by molar-refractivity contribution is 5.89. The lowest BCUT2D eigenvalue weighted by molar-refractivity contribution is -0.168. The number of hydrogen-bond acceptors (Lipinski definition) is 7. The van der Waals surface area contributed by atoms with E-state index >= 15 is 0 Å². The standard InChI is InChI=1S/C31H48O7/c1-17(16-32)7-10-26(35)18(2)29-27(38-20(4)34)14-25-23-9-8-21-13-22(37-19(3)33)11-12-30(21,5)24(23)15-28(36)31(25,29)6/h17-18,21-25,27,29,32H,7-16H2,1-6H3/t17-,18-,21+,22+,23-,24+,25+,27+,29+,30+,31-/m1/s1. The molecular weight excluding hydrogens is 484 g/mol. The molecule has 0 saturated heterocycles. The molecule has 7 heteroatoms. The number of aliphatic hydroxyl groups excluding tert-OH is 1. The topological polar surface area (TPSA) is 107 Å². The number of ether oxygens (including phenoxy) is 2. The lowest BCUT2D eigenvalue weighted by Gasteiger charge is -2.60. The molecule has 4 aliphatic rings. The maximum absolute atomic E-state index is 14.2. The molecular formula is C31H48O7. The second-order valence-corrected chi connectivity index (χ2v) is 13.6. The van der Waals surface area contributed by atoms with Crippen LogP contribution in [0.15, 0.2) is 0 Å². The van der Waals surface area contributed by atoms with Crippen molar-refractivity contribution in [2.45, 2.75) is 112 Å². The van der Waals surface area contributed by atoms with Crippen LogP contribution in [0.4, 0.5) is 0 Å². The van der Waals surface area contributed by atoms with E-state index in [2.05, 4.69) is 13.8 Å². The number of ketones is 2. The van der Waals surface area contributed by atoms with Gasteiger partial charge >= 0.3 is 11.9 Å². The van der Waals surface area contributed by atoms with Gasteiger partial charge in [-0.3, -0.25) is 19.2 Å². The predicted octanol–water partition coefficient (Wildman–Crippen LogP) is 4.91. The third-order valence-corrected chi connectivity index (χ3v) is 11.5.